The van der Waals surface area contributed by atoms with E-state index < -0.39 is 4.92 Å². The van der Waals surface area contributed by atoms with E-state index >= 15 is 0 Å². The first-order valence-corrected chi connectivity index (χ1v) is 5.67. The molecule has 0 radical (unpaired) electrons. The molecule has 0 aliphatic heterocycles. The number of anilines is 2. The molecule has 5 heteroatoms. The molecule has 2 N–H and O–H groups in total. The van der Waals surface area contributed by atoms with Crippen LogP contribution in [0.5, 0.6) is 0 Å². The van der Waals surface area contributed by atoms with E-state index in [0.29, 0.717) is 5.92 Å². The van der Waals surface area contributed by atoms with E-state index in [0.717, 1.165) is 18.7 Å². The Morgan fingerprint density at radius 1 is 1.47 bits per heavy atom. The molecule has 0 saturated carbocycles. The number of hydrogen-bond donors (Lipinski definition) is 1. The van der Waals surface area contributed by atoms with Crippen LogP contribution in [0.25, 0.3) is 0 Å². The van der Waals surface area contributed by atoms with Crippen LogP contribution in [-0.2, 0) is 0 Å². The lowest BCUT2D eigenvalue weighted by molar-refractivity contribution is -0.383. The Kier molecular flexibility index (Phi) is 4.31. The molecule has 0 fully saturated rings. The largest absolute Gasteiger partial charge is 0.393 e. The number of hydrogen-bond acceptors (Lipinski definition) is 4. The third kappa shape index (κ3) is 3.62. The van der Waals surface area contributed by atoms with Crippen LogP contribution in [0, 0.1) is 16.0 Å². The van der Waals surface area contributed by atoms with Gasteiger partial charge in [0.2, 0.25) is 0 Å². The quantitative estimate of drug-likeness (QED) is 0.485. The van der Waals surface area contributed by atoms with Gasteiger partial charge < -0.3 is 10.6 Å². The van der Waals surface area contributed by atoms with Crippen LogP contribution in [0.3, 0.4) is 0 Å². The monoisotopic (exact) mass is 237 g/mol. The Labute approximate surface area is 101 Å². The van der Waals surface area contributed by atoms with Gasteiger partial charge in [-0.2, -0.15) is 0 Å². The summed E-state index contributed by atoms with van der Waals surface area (Å²) in [4.78, 5) is 12.2. The summed E-state index contributed by atoms with van der Waals surface area (Å²) < 4.78 is 0. The molecule has 0 aliphatic rings. The Morgan fingerprint density at radius 2 is 2.12 bits per heavy atom. The van der Waals surface area contributed by atoms with Gasteiger partial charge in [-0.05, 0) is 24.5 Å². The molecule has 5 nitrogen and oxygen atoms in total. The van der Waals surface area contributed by atoms with E-state index in [1.807, 2.05) is 7.05 Å². The minimum absolute atomic E-state index is 0.0361. The second kappa shape index (κ2) is 5.52. The number of nitrogen functional groups attached to an aromatic ring is 1. The molecule has 0 aromatic heterocycles. The molecule has 0 spiro atoms. The highest BCUT2D eigenvalue weighted by Gasteiger charge is 2.12. The summed E-state index contributed by atoms with van der Waals surface area (Å²) in [7, 11) is 1.96. The minimum Gasteiger partial charge on any atom is -0.393 e. The Balaban J connectivity index is 2.79. The van der Waals surface area contributed by atoms with E-state index in [1.54, 1.807) is 12.1 Å². The first kappa shape index (κ1) is 13.3. The van der Waals surface area contributed by atoms with Gasteiger partial charge in [-0.1, -0.05) is 13.8 Å². The van der Waals surface area contributed by atoms with Crippen LogP contribution in [0.1, 0.15) is 20.3 Å². The van der Waals surface area contributed by atoms with Crippen molar-refractivity contribution in [3.63, 3.8) is 0 Å². The number of nitrogens with two attached hydrogens (primary N) is 1. The lowest BCUT2D eigenvalue weighted by Crippen LogP contribution is -2.20. The van der Waals surface area contributed by atoms with Crippen molar-refractivity contribution in [2.45, 2.75) is 20.3 Å². The van der Waals surface area contributed by atoms with E-state index in [1.165, 1.54) is 6.07 Å². The molecule has 0 aliphatic carbocycles. The third-order valence-electron chi connectivity index (χ3n) is 2.69. The predicted octanol–water partition coefficient (Wildman–Crippen LogP) is 2.66. The van der Waals surface area contributed by atoms with Gasteiger partial charge >= 0.3 is 0 Å². The van der Waals surface area contributed by atoms with E-state index in [-0.39, 0.29) is 11.4 Å². The molecule has 17 heavy (non-hydrogen) atoms. The van der Waals surface area contributed by atoms with Gasteiger partial charge in [-0.25, -0.2) is 0 Å². The molecule has 0 amide bonds. The van der Waals surface area contributed by atoms with Crippen molar-refractivity contribution in [1.29, 1.82) is 0 Å². The van der Waals surface area contributed by atoms with Crippen molar-refractivity contribution in [3.05, 3.63) is 28.3 Å². The fourth-order valence-electron chi connectivity index (χ4n) is 1.53. The Hall–Kier alpha value is -1.78. The first-order chi connectivity index (χ1) is 7.91. The highest BCUT2D eigenvalue weighted by Crippen LogP contribution is 2.26. The van der Waals surface area contributed by atoms with Crippen molar-refractivity contribution >= 4 is 17.1 Å². The van der Waals surface area contributed by atoms with E-state index in [4.69, 9.17) is 5.73 Å². The van der Waals surface area contributed by atoms with E-state index in [9.17, 15) is 10.1 Å². The second-order valence-electron chi connectivity index (χ2n) is 4.60. The third-order valence-corrected chi connectivity index (χ3v) is 2.69. The average Bonchev–Trinajstić information content (AvgIpc) is 2.25. The van der Waals surface area contributed by atoms with Crippen LogP contribution in [0.2, 0.25) is 0 Å². The van der Waals surface area contributed by atoms with Gasteiger partial charge in [0.15, 0.2) is 0 Å². The molecule has 1 rings (SSSR count). The van der Waals surface area contributed by atoms with Crippen molar-refractivity contribution in [3.8, 4) is 0 Å². The van der Waals surface area contributed by atoms with Crippen LogP contribution in [0.15, 0.2) is 18.2 Å². The molecule has 0 heterocycles. The van der Waals surface area contributed by atoms with Gasteiger partial charge in [-0.3, -0.25) is 10.1 Å². The fraction of sp³-hybridized carbons (Fsp3) is 0.500. The molecule has 0 saturated heterocycles. The zero-order valence-corrected chi connectivity index (χ0v) is 10.5. The van der Waals surface area contributed by atoms with Gasteiger partial charge in [-0.15, -0.1) is 0 Å². The number of nitro groups is 1. The number of rotatable bonds is 5. The first-order valence-electron chi connectivity index (χ1n) is 5.67. The highest BCUT2D eigenvalue weighted by atomic mass is 16.6. The molecule has 1 aromatic carbocycles. The summed E-state index contributed by atoms with van der Waals surface area (Å²) in [5.41, 5.74) is 6.73. The standard InChI is InChI=1S/C12H19N3O2/c1-9(2)6-7-14(3)10-4-5-12(15(16)17)11(13)8-10/h4-5,8-9H,6-7,13H2,1-3H3. The van der Waals surface area contributed by atoms with Gasteiger partial charge in [0, 0.05) is 25.3 Å². The van der Waals surface area contributed by atoms with E-state index in [2.05, 4.69) is 18.7 Å². The maximum absolute atomic E-state index is 10.6. The molecule has 0 atom stereocenters. The normalized spacial score (nSPS) is 10.6. The Morgan fingerprint density at radius 3 is 2.59 bits per heavy atom. The van der Waals surface area contributed by atoms with Crippen LogP contribution >= 0.6 is 0 Å². The van der Waals surface area contributed by atoms with Crippen LogP contribution in [0.4, 0.5) is 17.1 Å². The van der Waals surface area contributed by atoms with Crippen molar-refractivity contribution in [2.24, 2.45) is 5.92 Å². The van der Waals surface area contributed by atoms with Crippen molar-refractivity contribution in [1.82, 2.24) is 0 Å². The average molecular weight is 237 g/mol. The maximum atomic E-state index is 10.6. The smallest absolute Gasteiger partial charge is 0.292 e. The highest BCUT2D eigenvalue weighted by molar-refractivity contribution is 5.66. The number of benzene rings is 1. The lowest BCUT2D eigenvalue weighted by atomic mass is 10.1. The summed E-state index contributed by atoms with van der Waals surface area (Å²) in [5, 5.41) is 10.6. The second-order valence-corrected chi connectivity index (χ2v) is 4.60. The summed E-state index contributed by atoms with van der Waals surface area (Å²) >= 11 is 0. The zero-order chi connectivity index (χ0) is 13.0. The molecular weight excluding hydrogens is 218 g/mol. The fourth-order valence-corrected chi connectivity index (χ4v) is 1.53. The molecule has 0 bridgehead atoms. The maximum Gasteiger partial charge on any atom is 0.292 e. The zero-order valence-electron chi connectivity index (χ0n) is 10.5. The molecule has 94 valence electrons. The van der Waals surface area contributed by atoms with Gasteiger partial charge in [0.1, 0.15) is 5.69 Å². The Bertz CT molecular complexity index is 405. The van der Waals surface area contributed by atoms with Gasteiger partial charge in [0.05, 0.1) is 4.92 Å². The van der Waals surface area contributed by atoms with Crippen LogP contribution < -0.4 is 10.6 Å². The minimum atomic E-state index is -0.465. The summed E-state index contributed by atoms with van der Waals surface area (Å²) in [6, 6.07) is 4.84. The SMILES string of the molecule is CC(C)CCN(C)c1ccc([N+](=O)[O-])c(N)c1. The number of nitro benzene ring substituents is 1. The molecular formula is C12H19N3O2. The van der Waals surface area contributed by atoms with Gasteiger partial charge in [0.25, 0.3) is 5.69 Å². The molecule has 0 unspecified atom stereocenters. The summed E-state index contributed by atoms with van der Waals surface area (Å²) in [6.45, 7) is 5.24. The summed E-state index contributed by atoms with van der Waals surface area (Å²) in [6.07, 6.45) is 1.08. The number of nitrogens with zero attached hydrogens (tertiary/aromatic N) is 2. The lowest BCUT2D eigenvalue weighted by Gasteiger charge is -2.20. The summed E-state index contributed by atoms with van der Waals surface area (Å²) in [5.74, 6) is 0.632. The van der Waals surface area contributed by atoms with Crippen molar-refractivity contribution < 1.29 is 4.92 Å². The van der Waals surface area contributed by atoms with Crippen molar-refractivity contribution in [2.75, 3.05) is 24.2 Å². The molecule has 1 aromatic rings. The predicted molar refractivity (Wildman–Crippen MR) is 70.2 cm³/mol. The topological polar surface area (TPSA) is 72.4 Å². The van der Waals surface area contributed by atoms with Crippen LogP contribution in [-0.4, -0.2) is 18.5 Å².